The molecule has 0 amide bonds. The standard InChI is InChI=1S/C14H21ClN2O/c1-17(11-7-5-10(16)6-8-11)9-12-13(15)3-2-4-14(12)18/h2-4,10-11,18H,5-9,16H2,1H3. The SMILES string of the molecule is CN(Cc1c(O)cccc1Cl)C1CCC(N)CC1. The van der Waals surface area contributed by atoms with Crippen LogP contribution in [-0.2, 0) is 6.54 Å². The molecule has 0 atom stereocenters. The highest BCUT2D eigenvalue weighted by Crippen LogP contribution is 2.29. The third kappa shape index (κ3) is 3.16. The van der Waals surface area contributed by atoms with E-state index < -0.39 is 0 Å². The highest BCUT2D eigenvalue weighted by atomic mass is 35.5. The van der Waals surface area contributed by atoms with Crippen LogP contribution in [0.15, 0.2) is 18.2 Å². The molecule has 3 nitrogen and oxygen atoms in total. The summed E-state index contributed by atoms with van der Waals surface area (Å²) in [5.74, 6) is 0.280. The lowest BCUT2D eigenvalue weighted by atomic mass is 9.91. The molecule has 0 radical (unpaired) electrons. The number of hydrogen-bond acceptors (Lipinski definition) is 3. The van der Waals surface area contributed by atoms with E-state index in [1.165, 1.54) is 0 Å². The Morgan fingerprint density at radius 3 is 2.61 bits per heavy atom. The van der Waals surface area contributed by atoms with E-state index in [1.54, 1.807) is 12.1 Å². The average molecular weight is 269 g/mol. The summed E-state index contributed by atoms with van der Waals surface area (Å²) in [4.78, 5) is 2.27. The largest absolute Gasteiger partial charge is 0.508 e. The molecule has 0 spiro atoms. The number of phenols is 1. The van der Waals surface area contributed by atoms with Gasteiger partial charge in [0.2, 0.25) is 0 Å². The molecule has 0 aliphatic heterocycles. The fourth-order valence-electron chi connectivity index (χ4n) is 2.62. The second-order valence-corrected chi connectivity index (χ2v) is 5.63. The second-order valence-electron chi connectivity index (χ2n) is 5.22. The molecule has 3 N–H and O–H groups in total. The zero-order chi connectivity index (χ0) is 13.1. The minimum atomic E-state index is 0.280. The Balaban J connectivity index is 2.00. The summed E-state index contributed by atoms with van der Waals surface area (Å²) in [6.45, 7) is 0.686. The molecular weight excluding hydrogens is 248 g/mol. The average Bonchev–Trinajstić information content (AvgIpc) is 2.34. The van der Waals surface area contributed by atoms with Gasteiger partial charge in [0.15, 0.2) is 0 Å². The van der Waals surface area contributed by atoms with Crippen LogP contribution < -0.4 is 5.73 Å². The predicted octanol–water partition coefficient (Wildman–Crippen LogP) is 2.75. The molecule has 1 aromatic carbocycles. The Bertz CT molecular complexity index is 383. The van der Waals surface area contributed by atoms with E-state index in [-0.39, 0.29) is 5.75 Å². The highest BCUT2D eigenvalue weighted by Gasteiger charge is 2.22. The summed E-state index contributed by atoms with van der Waals surface area (Å²) < 4.78 is 0. The molecule has 0 heterocycles. The summed E-state index contributed by atoms with van der Waals surface area (Å²) in [5.41, 5.74) is 6.73. The summed E-state index contributed by atoms with van der Waals surface area (Å²) in [6.07, 6.45) is 4.43. The minimum absolute atomic E-state index is 0.280. The van der Waals surface area contributed by atoms with Gasteiger partial charge in [0, 0.05) is 29.2 Å². The Labute approximate surface area is 114 Å². The maximum atomic E-state index is 9.85. The molecule has 0 bridgehead atoms. The third-order valence-corrected chi connectivity index (χ3v) is 4.22. The topological polar surface area (TPSA) is 49.5 Å². The van der Waals surface area contributed by atoms with Crippen LogP contribution >= 0.6 is 11.6 Å². The molecule has 0 unspecified atom stereocenters. The number of hydrogen-bond donors (Lipinski definition) is 2. The van der Waals surface area contributed by atoms with Crippen molar-refractivity contribution in [3.05, 3.63) is 28.8 Å². The number of halogens is 1. The van der Waals surface area contributed by atoms with Gasteiger partial charge in [0.25, 0.3) is 0 Å². The molecule has 1 aromatic rings. The molecule has 1 fully saturated rings. The van der Waals surface area contributed by atoms with Crippen LogP contribution in [-0.4, -0.2) is 29.1 Å². The van der Waals surface area contributed by atoms with Crippen LogP contribution in [0.1, 0.15) is 31.2 Å². The Kier molecular flexibility index (Phi) is 4.49. The molecule has 18 heavy (non-hydrogen) atoms. The van der Waals surface area contributed by atoms with Crippen molar-refractivity contribution in [3.63, 3.8) is 0 Å². The number of phenolic OH excluding ortho intramolecular Hbond substituents is 1. The van der Waals surface area contributed by atoms with Crippen molar-refractivity contribution in [2.75, 3.05) is 7.05 Å². The van der Waals surface area contributed by atoms with E-state index in [0.29, 0.717) is 23.7 Å². The van der Waals surface area contributed by atoms with Gasteiger partial charge in [0.1, 0.15) is 5.75 Å². The molecule has 100 valence electrons. The lowest BCUT2D eigenvalue weighted by Gasteiger charge is -2.33. The van der Waals surface area contributed by atoms with E-state index in [2.05, 4.69) is 11.9 Å². The van der Waals surface area contributed by atoms with Crippen LogP contribution in [0.5, 0.6) is 5.75 Å². The summed E-state index contributed by atoms with van der Waals surface area (Å²) in [7, 11) is 2.09. The predicted molar refractivity (Wildman–Crippen MR) is 74.8 cm³/mol. The van der Waals surface area contributed by atoms with Gasteiger partial charge in [-0.3, -0.25) is 4.90 Å². The zero-order valence-corrected chi connectivity index (χ0v) is 11.5. The molecule has 0 aromatic heterocycles. The van der Waals surface area contributed by atoms with Gasteiger partial charge >= 0.3 is 0 Å². The molecule has 4 heteroatoms. The first kappa shape index (κ1) is 13.7. The Morgan fingerprint density at radius 1 is 1.33 bits per heavy atom. The first-order chi connectivity index (χ1) is 8.58. The van der Waals surface area contributed by atoms with Gasteiger partial charge in [-0.2, -0.15) is 0 Å². The van der Waals surface area contributed by atoms with Crippen LogP contribution in [0.4, 0.5) is 0 Å². The van der Waals surface area contributed by atoms with E-state index in [4.69, 9.17) is 17.3 Å². The fourth-order valence-corrected chi connectivity index (χ4v) is 2.85. The molecule has 1 aliphatic rings. The van der Waals surface area contributed by atoms with Crippen molar-refractivity contribution in [3.8, 4) is 5.75 Å². The normalized spacial score (nSPS) is 24.4. The lowest BCUT2D eigenvalue weighted by molar-refractivity contribution is 0.175. The van der Waals surface area contributed by atoms with Gasteiger partial charge in [-0.1, -0.05) is 17.7 Å². The van der Waals surface area contributed by atoms with E-state index >= 15 is 0 Å². The highest BCUT2D eigenvalue weighted by molar-refractivity contribution is 6.31. The van der Waals surface area contributed by atoms with Crippen molar-refractivity contribution in [2.24, 2.45) is 5.73 Å². The number of nitrogens with two attached hydrogens (primary N) is 1. The van der Waals surface area contributed by atoms with E-state index in [1.807, 2.05) is 6.07 Å². The Morgan fingerprint density at radius 2 is 2.00 bits per heavy atom. The number of nitrogens with zero attached hydrogens (tertiary/aromatic N) is 1. The monoisotopic (exact) mass is 268 g/mol. The maximum absolute atomic E-state index is 9.85. The van der Waals surface area contributed by atoms with Crippen LogP contribution in [0.25, 0.3) is 0 Å². The second kappa shape index (κ2) is 5.91. The summed E-state index contributed by atoms with van der Waals surface area (Å²) in [6, 6.07) is 6.18. The number of aromatic hydroxyl groups is 1. The molecular formula is C14H21ClN2O. The van der Waals surface area contributed by atoms with Crippen molar-refractivity contribution in [1.82, 2.24) is 4.90 Å². The molecule has 0 saturated heterocycles. The fraction of sp³-hybridized carbons (Fsp3) is 0.571. The third-order valence-electron chi connectivity index (χ3n) is 3.87. The summed E-state index contributed by atoms with van der Waals surface area (Å²) in [5, 5.41) is 10.5. The summed E-state index contributed by atoms with van der Waals surface area (Å²) >= 11 is 6.13. The smallest absolute Gasteiger partial charge is 0.121 e. The molecule has 1 saturated carbocycles. The number of rotatable bonds is 3. The van der Waals surface area contributed by atoms with Crippen molar-refractivity contribution in [2.45, 2.75) is 44.3 Å². The first-order valence-electron chi connectivity index (χ1n) is 6.50. The molecule has 1 aliphatic carbocycles. The molecule has 2 rings (SSSR count). The van der Waals surface area contributed by atoms with Crippen molar-refractivity contribution in [1.29, 1.82) is 0 Å². The lowest BCUT2D eigenvalue weighted by Crippen LogP contribution is -2.38. The maximum Gasteiger partial charge on any atom is 0.121 e. The van der Waals surface area contributed by atoms with Gasteiger partial charge in [-0.25, -0.2) is 0 Å². The van der Waals surface area contributed by atoms with E-state index in [0.717, 1.165) is 31.2 Å². The number of benzene rings is 1. The minimum Gasteiger partial charge on any atom is -0.508 e. The zero-order valence-electron chi connectivity index (χ0n) is 10.8. The van der Waals surface area contributed by atoms with Gasteiger partial charge in [-0.05, 0) is 44.9 Å². The van der Waals surface area contributed by atoms with Crippen molar-refractivity contribution >= 4 is 11.6 Å². The van der Waals surface area contributed by atoms with Gasteiger partial charge in [-0.15, -0.1) is 0 Å². The van der Waals surface area contributed by atoms with E-state index in [9.17, 15) is 5.11 Å². The van der Waals surface area contributed by atoms with Crippen LogP contribution in [0, 0.1) is 0 Å². The van der Waals surface area contributed by atoms with Crippen LogP contribution in [0.2, 0.25) is 5.02 Å². The van der Waals surface area contributed by atoms with Crippen molar-refractivity contribution < 1.29 is 5.11 Å². The quantitative estimate of drug-likeness (QED) is 0.886. The first-order valence-corrected chi connectivity index (χ1v) is 6.88. The Hall–Kier alpha value is -0.770. The van der Waals surface area contributed by atoms with Gasteiger partial charge < -0.3 is 10.8 Å². The van der Waals surface area contributed by atoms with Crippen LogP contribution in [0.3, 0.4) is 0 Å². The van der Waals surface area contributed by atoms with Gasteiger partial charge in [0.05, 0.1) is 0 Å².